The van der Waals surface area contributed by atoms with Gasteiger partial charge in [0.15, 0.2) is 12.6 Å². The molecule has 2 heterocycles. The van der Waals surface area contributed by atoms with E-state index in [1.807, 2.05) is 0 Å². The van der Waals surface area contributed by atoms with Gasteiger partial charge in [0.2, 0.25) is 0 Å². The van der Waals surface area contributed by atoms with Gasteiger partial charge in [0, 0.05) is 5.69 Å². The largest absolute Gasteiger partial charge is 0.471 e. The van der Waals surface area contributed by atoms with E-state index in [-0.39, 0.29) is 18.7 Å². The zero-order valence-corrected chi connectivity index (χ0v) is 24.4. The number of phosphoric acid groups is 1. The Morgan fingerprint density at radius 2 is 1.43 bits per heavy atom. The number of hydrogen-bond donors (Lipinski definition) is 11. The van der Waals surface area contributed by atoms with Gasteiger partial charge in [-0.15, -0.1) is 0 Å². The third-order valence-corrected chi connectivity index (χ3v) is 7.50. The van der Waals surface area contributed by atoms with E-state index < -0.39 is 107 Å². The maximum Gasteiger partial charge on any atom is 0.471 e. The lowest BCUT2D eigenvalue weighted by molar-refractivity contribution is -0.366. The van der Waals surface area contributed by atoms with Gasteiger partial charge < -0.3 is 74.9 Å². The lowest BCUT2D eigenvalue weighted by Gasteiger charge is -2.48. The minimum absolute atomic E-state index is 0.0553. The summed E-state index contributed by atoms with van der Waals surface area (Å²) in [5, 5.41) is 83.6. The quantitative estimate of drug-likeness (QED) is 0.0881. The van der Waals surface area contributed by atoms with Crippen LogP contribution in [0, 0.1) is 0 Å². The molecular formula is C24H35F3NO17P. The molecule has 0 saturated carbocycles. The first-order chi connectivity index (χ1) is 21.4. The second-order valence-electron chi connectivity index (χ2n) is 10.3. The highest BCUT2D eigenvalue weighted by Crippen LogP contribution is 2.42. The molecule has 2 fully saturated rings. The molecule has 1 aromatic carbocycles. The number of rotatable bonds is 13. The van der Waals surface area contributed by atoms with Crippen LogP contribution >= 0.6 is 7.82 Å². The lowest BCUT2D eigenvalue weighted by atomic mass is 9.93. The van der Waals surface area contributed by atoms with E-state index in [0.717, 1.165) is 0 Å². The van der Waals surface area contributed by atoms with E-state index in [4.69, 9.17) is 28.7 Å². The number of anilines is 1. The molecule has 0 bridgehead atoms. The molecule has 264 valence electrons. The Bertz CT molecular complexity index is 1180. The zero-order chi connectivity index (χ0) is 34.6. The molecule has 0 aromatic heterocycles. The Morgan fingerprint density at radius 1 is 0.870 bits per heavy atom. The van der Waals surface area contributed by atoms with Crippen LogP contribution in [-0.2, 0) is 39.3 Å². The molecule has 1 amide bonds. The van der Waals surface area contributed by atoms with Crippen LogP contribution in [0.1, 0.15) is 5.56 Å². The van der Waals surface area contributed by atoms with Crippen molar-refractivity contribution >= 4 is 19.4 Å². The molecule has 0 radical (unpaired) electrons. The Hall–Kier alpha value is -1.89. The number of phosphoric ester groups is 1. The van der Waals surface area contributed by atoms with Gasteiger partial charge in [-0.05, 0) is 24.1 Å². The summed E-state index contributed by atoms with van der Waals surface area (Å²) >= 11 is 0. The fourth-order valence-electron chi connectivity index (χ4n) is 4.65. The van der Waals surface area contributed by atoms with Crippen LogP contribution in [-0.4, -0.2) is 156 Å². The third-order valence-electron chi connectivity index (χ3n) is 6.99. The Morgan fingerprint density at radius 3 is 1.98 bits per heavy atom. The minimum Gasteiger partial charge on any atom is -0.394 e. The topological polar surface area (TPSA) is 295 Å². The highest BCUT2D eigenvalue weighted by atomic mass is 31.2. The van der Waals surface area contributed by atoms with Crippen molar-refractivity contribution in [3.05, 3.63) is 29.8 Å². The van der Waals surface area contributed by atoms with Crippen LogP contribution in [0.5, 0.6) is 0 Å². The summed E-state index contributed by atoms with van der Waals surface area (Å²) in [6, 6.07) is 5.13. The molecule has 1 aromatic rings. The van der Waals surface area contributed by atoms with Crippen molar-refractivity contribution in [1.82, 2.24) is 0 Å². The molecule has 2 aliphatic rings. The van der Waals surface area contributed by atoms with Crippen molar-refractivity contribution in [3.63, 3.8) is 0 Å². The van der Waals surface area contributed by atoms with Crippen molar-refractivity contribution in [3.8, 4) is 0 Å². The molecule has 12 atom stereocenters. The SMILES string of the molecule is O=C(Nc1ccc(CCO[C@H]2O[C@H]([C@@H](O)CO)[C@@H](O)[C@H](O[C@H]3O[C@H]([C@@H](O)CO)[C@@H](OP(=O)(O)O)[C@H](O)[C@@H]3O)[C@@H]2O)cc1)C(F)(F)F. The van der Waals surface area contributed by atoms with Gasteiger partial charge in [-0.1, -0.05) is 12.1 Å². The molecule has 2 aliphatic heterocycles. The number of amides is 1. The van der Waals surface area contributed by atoms with Crippen molar-refractivity contribution < 1.29 is 96.6 Å². The number of nitrogens with one attached hydrogen (secondary N) is 1. The van der Waals surface area contributed by atoms with Crippen LogP contribution in [0.15, 0.2) is 24.3 Å². The summed E-state index contributed by atoms with van der Waals surface area (Å²) in [5.41, 5.74) is 0.349. The molecule has 2 saturated heterocycles. The number of halogens is 3. The molecule has 18 nitrogen and oxygen atoms in total. The van der Waals surface area contributed by atoms with Crippen LogP contribution in [0.4, 0.5) is 18.9 Å². The molecule has 46 heavy (non-hydrogen) atoms. The fourth-order valence-corrected chi connectivity index (χ4v) is 5.22. The zero-order valence-electron chi connectivity index (χ0n) is 23.5. The number of benzene rings is 1. The van der Waals surface area contributed by atoms with Gasteiger partial charge in [0.05, 0.1) is 19.8 Å². The van der Waals surface area contributed by atoms with Crippen molar-refractivity contribution in [2.24, 2.45) is 0 Å². The second-order valence-corrected chi connectivity index (χ2v) is 11.5. The van der Waals surface area contributed by atoms with Crippen LogP contribution in [0.3, 0.4) is 0 Å². The molecule has 22 heteroatoms. The molecule has 0 aliphatic carbocycles. The summed E-state index contributed by atoms with van der Waals surface area (Å²) in [4.78, 5) is 29.4. The monoisotopic (exact) mass is 697 g/mol. The number of aliphatic hydroxyl groups excluding tert-OH is 8. The van der Waals surface area contributed by atoms with E-state index in [1.54, 1.807) is 5.32 Å². The summed E-state index contributed by atoms with van der Waals surface area (Å²) in [6.45, 7) is -2.29. The summed E-state index contributed by atoms with van der Waals surface area (Å²) in [7, 11) is -5.35. The molecular weight excluding hydrogens is 662 g/mol. The number of hydrogen-bond acceptors (Lipinski definition) is 15. The summed E-state index contributed by atoms with van der Waals surface area (Å²) in [6.07, 6.45) is -28.5. The first-order valence-corrected chi connectivity index (χ1v) is 15.0. The van der Waals surface area contributed by atoms with Crippen molar-refractivity contribution in [2.45, 2.75) is 86.2 Å². The third kappa shape index (κ3) is 9.82. The summed E-state index contributed by atoms with van der Waals surface area (Å²) < 4.78 is 74.9. The van der Waals surface area contributed by atoms with Crippen LogP contribution in [0.25, 0.3) is 0 Å². The fraction of sp³-hybridized carbons (Fsp3) is 0.708. The van der Waals surface area contributed by atoms with E-state index in [0.29, 0.717) is 5.56 Å². The first-order valence-electron chi connectivity index (χ1n) is 13.5. The highest BCUT2D eigenvalue weighted by Gasteiger charge is 2.54. The van der Waals surface area contributed by atoms with E-state index >= 15 is 0 Å². The Labute approximate surface area is 257 Å². The van der Waals surface area contributed by atoms with E-state index in [9.17, 15) is 63.4 Å². The van der Waals surface area contributed by atoms with Gasteiger partial charge in [-0.25, -0.2) is 4.57 Å². The maximum atomic E-state index is 12.4. The number of alkyl halides is 3. The normalized spacial score (nSPS) is 33.8. The molecule has 3 rings (SSSR count). The molecule has 11 N–H and O–H groups in total. The van der Waals surface area contributed by atoms with E-state index in [1.165, 1.54) is 24.3 Å². The van der Waals surface area contributed by atoms with Crippen LogP contribution < -0.4 is 5.32 Å². The van der Waals surface area contributed by atoms with E-state index in [2.05, 4.69) is 4.52 Å². The Balaban J connectivity index is 1.72. The van der Waals surface area contributed by atoms with Crippen molar-refractivity contribution in [2.75, 3.05) is 25.1 Å². The number of carbonyl (C=O) groups is 1. The van der Waals surface area contributed by atoms with Gasteiger partial charge in [0.25, 0.3) is 0 Å². The first kappa shape index (κ1) is 38.6. The van der Waals surface area contributed by atoms with Crippen molar-refractivity contribution in [1.29, 1.82) is 0 Å². The predicted molar refractivity (Wildman–Crippen MR) is 140 cm³/mol. The van der Waals surface area contributed by atoms with Gasteiger partial charge in [0.1, 0.15) is 61.0 Å². The molecule has 0 unspecified atom stereocenters. The summed E-state index contributed by atoms with van der Waals surface area (Å²) in [5.74, 6) is -2.17. The minimum atomic E-state index is -5.35. The average Bonchev–Trinajstić information content (AvgIpc) is 2.98. The number of ether oxygens (including phenoxy) is 4. The number of aliphatic hydroxyl groups is 8. The molecule has 0 spiro atoms. The predicted octanol–water partition coefficient (Wildman–Crippen LogP) is -3.79. The number of carbonyl (C=O) groups excluding carboxylic acids is 1. The maximum absolute atomic E-state index is 12.4. The second kappa shape index (κ2) is 16.0. The van der Waals surface area contributed by atoms with Gasteiger partial charge >= 0.3 is 19.9 Å². The van der Waals surface area contributed by atoms with Gasteiger partial charge in [-0.2, -0.15) is 13.2 Å². The van der Waals surface area contributed by atoms with Gasteiger partial charge in [-0.3, -0.25) is 9.32 Å². The highest BCUT2D eigenvalue weighted by molar-refractivity contribution is 7.46. The lowest BCUT2D eigenvalue weighted by Crippen LogP contribution is -2.67. The van der Waals surface area contributed by atoms with Crippen LogP contribution in [0.2, 0.25) is 0 Å². The smallest absolute Gasteiger partial charge is 0.394 e. The standard InChI is InChI=1S/C24H35F3NO17P/c25-24(26,27)23(37)28-10-3-1-9(2-4-10)5-6-41-21-16(36)19(15(35)17(42-21)11(31)7-29)44-22-14(34)13(33)20(45-46(38,39)40)18(43-22)12(32)8-30/h1-4,11-22,29-36H,5-8H2,(H,28,37)(H2,38,39,40)/t11-,12-,13+,14-,15+,16-,17+,18+,19-,20-,21-,22+/m0/s1. The Kier molecular flexibility index (Phi) is 13.4. The average molecular weight is 698 g/mol.